The van der Waals surface area contributed by atoms with Gasteiger partial charge in [-0.2, -0.15) is 0 Å². The van der Waals surface area contributed by atoms with E-state index < -0.39 is 30.3 Å². The molecule has 9 heteroatoms. The molecule has 0 aliphatic rings. The molecule has 2 atom stereocenters. The first-order valence-corrected chi connectivity index (χ1v) is 24.6. The normalized spacial score (nSPS) is 14.2. The molecule has 0 heterocycles. The minimum Gasteiger partial charge on any atom is -0.477 e. The van der Waals surface area contributed by atoms with Gasteiger partial charge in [0.05, 0.1) is 34.4 Å². The molecule has 9 nitrogen and oxygen atoms in total. The van der Waals surface area contributed by atoms with E-state index in [1.54, 1.807) is 0 Å². The summed E-state index contributed by atoms with van der Waals surface area (Å²) in [5.41, 5.74) is 0. The van der Waals surface area contributed by atoms with E-state index in [2.05, 4.69) is 154 Å². The molecule has 67 heavy (non-hydrogen) atoms. The van der Waals surface area contributed by atoms with Crippen LogP contribution >= 0.6 is 0 Å². The summed E-state index contributed by atoms with van der Waals surface area (Å²) < 4.78 is 22.6. The number of carbonyl (C=O) groups is 3. The Balaban J connectivity index is 4.54. The molecule has 0 bridgehead atoms. The molecule has 0 aliphatic heterocycles. The average Bonchev–Trinajstić information content (AvgIpc) is 3.29. The van der Waals surface area contributed by atoms with Crippen molar-refractivity contribution in [3.63, 3.8) is 0 Å². The van der Waals surface area contributed by atoms with Crippen LogP contribution < -0.4 is 0 Å². The molecule has 0 radical (unpaired) electrons. The molecule has 0 aromatic heterocycles. The fourth-order valence-corrected chi connectivity index (χ4v) is 5.55. The predicted molar refractivity (Wildman–Crippen MR) is 280 cm³/mol. The number of carboxylic acid groups (broad SMARTS) is 1. The molecule has 0 aliphatic carbocycles. The van der Waals surface area contributed by atoms with Gasteiger partial charge in [-0.15, -0.1) is 0 Å². The number of carboxylic acids is 1. The van der Waals surface area contributed by atoms with Crippen LogP contribution in [0.5, 0.6) is 0 Å². The number of nitrogens with zero attached hydrogens (tertiary/aromatic N) is 1. The summed E-state index contributed by atoms with van der Waals surface area (Å²) in [4.78, 5) is 37.1. The van der Waals surface area contributed by atoms with Crippen molar-refractivity contribution in [3.05, 3.63) is 158 Å². The molecule has 2 unspecified atom stereocenters. The van der Waals surface area contributed by atoms with Crippen LogP contribution in [-0.2, 0) is 33.3 Å². The fraction of sp³-hybridized carbons (Fsp3) is 0.500. The quantitative estimate of drug-likeness (QED) is 0.0212. The first kappa shape index (κ1) is 61.9. The monoisotopic (exact) mass is 927 g/mol. The minimum atomic E-state index is -1.55. The lowest BCUT2D eigenvalue weighted by Gasteiger charge is -2.25. The highest BCUT2D eigenvalue weighted by Gasteiger charge is 2.25. The molecule has 0 rings (SSSR count). The molecule has 0 amide bonds. The van der Waals surface area contributed by atoms with Gasteiger partial charge in [0, 0.05) is 12.8 Å². The third-order valence-electron chi connectivity index (χ3n) is 9.29. The van der Waals surface area contributed by atoms with Crippen molar-refractivity contribution in [1.82, 2.24) is 0 Å². The van der Waals surface area contributed by atoms with Gasteiger partial charge < -0.3 is 28.5 Å². The van der Waals surface area contributed by atoms with Crippen molar-refractivity contribution in [2.45, 2.75) is 142 Å². The highest BCUT2D eigenvalue weighted by molar-refractivity contribution is 5.71. The van der Waals surface area contributed by atoms with Gasteiger partial charge in [-0.05, 0) is 103 Å². The third-order valence-corrected chi connectivity index (χ3v) is 9.29. The van der Waals surface area contributed by atoms with Crippen molar-refractivity contribution in [2.75, 3.05) is 47.5 Å². The second kappa shape index (κ2) is 47.4. The molecular weight excluding hydrogens is 839 g/mol. The van der Waals surface area contributed by atoms with E-state index in [1.807, 2.05) is 39.4 Å². The maximum atomic E-state index is 12.8. The second-order valence-corrected chi connectivity index (χ2v) is 16.7. The summed E-state index contributed by atoms with van der Waals surface area (Å²) in [5, 5.41) is 9.64. The Morgan fingerprint density at radius 1 is 0.448 bits per heavy atom. The van der Waals surface area contributed by atoms with Crippen molar-refractivity contribution >= 4 is 17.9 Å². The third kappa shape index (κ3) is 48.7. The van der Waals surface area contributed by atoms with E-state index in [1.165, 1.54) is 0 Å². The average molecular weight is 927 g/mol. The smallest absolute Gasteiger partial charge is 0.361 e. The maximum absolute atomic E-state index is 12.8. The van der Waals surface area contributed by atoms with Crippen molar-refractivity contribution in [2.24, 2.45) is 0 Å². The Hall–Kier alpha value is -5.09. The Kier molecular flexibility index (Phi) is 43.8. The Bertz CT molecular complexity index is 1640. The summed E-state index contributed by atoms with van der Waals surface area (Å²) >= 11 is 0. The van der Waals surface area contributed by atoms with Gasteiger partial charge in [-0.3, -0.25) is 9.59 Å². The Morgan fingerprint density at radius 2 is 0.806 bits per heavy atom. The zero-order chi connectivity index (χ0) is 49.2. The first-order valence-electron chi connectivity index (χ1n) is 24.6. The number of esters is 2. The number of carbonyl (C=O) groups excluding carboxylic acids is 2. The maximum Gasteiger partial charge on any atom is 0.361 e. The van der Waals surface area contributed by atoms with Crippen LogP contribution in [0.2, 0.25) is 0 Å². The van der Waals surface area contributed by atoms with Crippen molar-refractivity contribution in [3.8, 4) is 0 Å². The highest BCUT2D eigenvalue weighted by Crippen LogP contribution is 2.08. The summed E-state index contributed by atoms with van der Waals surface area (Å²) in [5.74, 6) is -2.23. The summed E-state index contributed by atoms with van der Waals surface area (Å²) in [7, 11) is 5.90. The van der Waals surface area contributed by atoms with Crippen LogP contribution in [0.25, 0.3) is 0 Å². The van der Waals surface area contributed by atoms with Crippen molar-refractivity contribution in [1.29, 1.82) is 0 Å². The zero-order valence-electron chi connectivity index (χ0n) is 42.0. The van der Waals surface area contributed by atoms with Gasteiger partial charge in [0.2, 0.25) is 0 Å². The number of allylic oxidation sites excluding steroid dienone is 26. The van der Waals surface area contributed by atoms with Gasteiger partial charge in [0.25, 0.3) is 6.29 Å². The van der Waals surface area contributed by atoms with Gasteiger partial charge in [-0.1, -0.05) is 172 Å². The van der Waals surface area contributed by atoms with Crippen LogP contribution in [0, 0.1) is 0 Å². The number of quaternary nitrogens is 1. The van der Waals surface area contributed by atoms with Gasteiger partial charge in [0.15, 0.2) is 6.10 Å². The lowest BCUT2D eigenvalue weighted by Crippen LogP contribution is -2.40. The topological polar surface area (TPSA) is 108 Å². The summed E-state index contributed by atoms with van der Waals surface area (Å²) in [6.45, 7) is 4.43. The lowest BCUT2D eigenvalue weighted by molar-refractivity contribution is -0.870. The van der Waals surface area contributed by atoms with Gasteiger partial charge in [-0.25, -0.2) is 4.79 Å². The molecule has 0 saturated heterocycles. The van der Waals surface area contributed by atoms with Crippen LogP contribution in [-0.4, -0.2) is 87.4 Å². The minimum absolute atomic E-state index is 0.153. The highest BCUT2D eigenvalue weighted by atomic mass is 16.7. The van der Waals surface area contributed by atoms with Gasteiger partial charge in [0.1, 0.15) is 13.2 Å². The molecule has 0 fully saturated rings. The molecule has 0 aromatic carbocycles. The number of hydrogen-bond acceptors (Lipinski definition) is 7. The standard InChI is InChI=1S/C58H87NO8/c1-6-8-10-12-14-16-18-20-21-22-23-24-25-26-27-28-29-30-31-32-33-34-35-37-39-41-43-45-47-49-56(61)67-54(53-66-58(57(62)63)64-51-50-59(3,4)5)52-65-55(60)48-46-44-42-40-38-36-19-17-15-13-11-9-7-2/h8-11,14-17,20-21,23-24,26-27,29-30,32-33,35-38,41-44,54,58H,6-7,12-13,18-19,22,25,28,31,34,39-40,45-53H2,1-5H3/p+1/b10-8-,11-9-,16-14-,17-15-,21-20-,24-23-,27-26-,30-29-,33-32-,37-35-,38-36-,43-41-,44-42-. The number of hydrogen-bond donors (Lipinski definition) is 1. The molecule has 0 saturated carbocycles. The Morgan fingerprint density at radius 3 is 1.16 bits per heavy atom. The number of unbranched alkanes of at least 4 members (excludes halogenated alkanes) is 1. The predicted octanol–water partition coefficient (Wildman–Crippen LogP) is 13.9. The summed E-state index contributed by atoms with van der Waals surface area (Å²) in [6.07, 6.45) is 67.7. The van der Waals surface area contributed by atoms with E-state index in [9.17, 15) is 19.5 Å². The zero-order valence-corrected chi connectivity index (χ0v) is 42.0. The number of aliphatic carboxylic acids is 1. The lowest BCUT2D eigenvalue weighted by atomic mass is 10.2. The van der Waals surface area contributed by atoms with Crippen LogP contribution in [0.3, 0.4) is 0 Å². The van der Waals surface area contributed by atoms with Gasteiger partial charge >= 0.3 is 17.9 Å². The second-order valence-electron chi connectivity index (χ2n) is 16.7. The molecular formula is C58H88NO8+. The summed E-state index contributed by atoms with van der Waals surface area (Å²) in [6, 6.07) is 0. The molecule has 372 valence electrons. The van der Waals surface area contributed by atoms with Crippen LogP contribution in [0.1, 0.15) is 129 Å². The van der Waals surface area contributed by atoms with E-state index in [4.69, 9.17) is 18.9 Å². The number of rotatable bonds is 42. The van der Waals surface area contributed by atoms with E-state index >= 15 is 0 Å². The van der Waals surface area contributed by atoms with E-state index in [0.29, 0.717) is 30.3 Å². The van der Waals surface area contributed by atoms with Crippen molar-refractivity contribution < 1.29 is 42.9 Å². The van der Waals surface area contributed by atoms with E-state index in [-0.39, 0.29) is 32.7 Å². The fourth-order valence-electron chi connectivity index (χ4n) is 5.55. The van der Waals surface area contributed by atoms with Crippen LogP contribution in [0.4, 0.5) is 0 Å². The van der Waals surface area contributed by atoms with E-state index in [0.717, 1.165) is 83.5 Å². The largest absolute Gasteiger partial charge is 0.477 e. The molecule has 0 spiro atoms. The molecule has 0 aromatic rings. The Labute approximate surface area is 406 Å². The first-order chi connectivity index (χ1) is 32.6. The molecule has 1 N–H and O–H groups in total. The van der Waals surface area contributed by atoms with Crippen LogP contribution in [0.15, 0.2) is 158 Å². The number of likely N-dealkylation sites (N-methyl/N-ethyl adjacent to an activating group) is 1. The number of ether oxygens (including phenoxy) is 4. The SMILES string of the molecule is CC/C=C\C/C=C\C/C=C\C/C=C\C/C=C\C/C=C\C/C=C\C/C=C\C/C=C\CCCC(=O)OC(COC(=O)CC/C=C\C/C=C\C/C=C\C/C=C\CC)COC(OCC[N+](C)(C)C)C(=O)O.